The second kappa shape index (κ2) is 2.82. The van der Waals surface area contributed by atoms with E-state index in [1.165, 1.54) is 12.3 Å². The zero-order valence-corrected chi connectivity index (χ0v) is 5.15. The molecular formula is C6H6N2O2. The van der Waals surface area contributed by atoms with Crippen molar-refractivity contribution in [1.29, 1.82) is 0 Å². The fourth-order valence-electron chi connectivity index (χ4n) is 0.562. The van der Waals surface area contributed by atoms with Gasteiger partial charge in [-0.15, -0.1) is 0 Å². The lowest BCUT2D eigenvalue weighted by Crippen LogP contribution is -2.12. The molecule has 1 heterocycles. The lowest BCUT2D eigenvalue weighted by Gasteiger charge is -1.94. The minimum Gasteiger partial charge on any atom is -0.358 e. The predicted octanol–water partition coefficient (Wildman–Crippen LogP) is 0.778. The van der Waals surface area contributed by atoms with Crippen LogP contribution in [0.5, 0.6) is 0 Å². The number of hydrogen-bond acceptors (Lipinski definition) is 3. The van der Waals surface area contributed by atoms with Crippen LogP contribution in [0.2, 0.25) is 0 Å². The van der Waals surface area contributed by atoms with Gasteiger partial charge in [0.2, 0.25) is 0 Å². The Morgan fingerprint density at radius 3 is 2.90 bits per heavy atom. The second-order valence-electron chi connectivity index (χ2n) is 1.70. The van der Waals surface area contributed by atoms with Crippen LogP contribution < -0.4 is 5.32 Å². The molecule has 0 amide bonds. The van der Waals surface area contributed by atoms with Crippen molar-refractivity contribution in [3.63, 3.8) is 0 Å². The minimum absolute atomic E-state index is 0.00926. The lowest BCUT2D eigenvalue weighted by atomic mass is 10.5. The van der Waals surface area contributed by atoms with E-state index in [1.807, 2.05) is 0 Å². The summed E-state index contributed by atoms with van der Waals surface area (Å²) in [5.41, 5.74) is 0. The summed E-state index contributed by atoms with van der Waals surface area (Å²) in [5.74, 6) is -0.00926. The van der Waals surface area contributed by atoms with E-state index in [0.29, 0.717) is 0 Å². The molecule has 0 radical (unpaired) electrons. The summed E-state index contributed by atoms with van der Waals surface area (Å²) >= 11 is 0. The van der Waals surface area contributed by atoms with Crippen molar-refractivity contribution in [2.45, 2.75) is 0 Å². The monoisotopic (exact) mass is 138 g/mol. The first kappa shape index (κ1) is 6.54. The average molecular weight is 138 g/mol. The van der Waals surface area contributed by atoms with Gasteiger partial charge in [-0.2, -0.15) is 0 Å². The largest absolute Gasteiger partial charge is 0.358 e. The summed E-state index contributed by atoms with van der Waals surface area (Å²) < 4.78 is 0. The first-order valence-corrected chi connectivity index (χ1v) is 2.75. The lowest BCUT2D eigenvalue weighted by molar-refractivity contribution is -0.430. The Morgan fingerprint density at radius 1 is 1.40 bits per heavy atom. The van der Waals surface area contributed by atoms with Crippen LogP contribution in [0.25, 0.3) is 0 Å². The summed E-state index contributed by atoms with van der Waals surface area (Å²) in [4.78, 5) is 9.64. The number of nitro groups is 1. The Kier molecular flexibility index (Phi) is 1.84. The van der Waals surface area contributed by atoms with Crippen LogP contribution in [0.15, 0.2) is 36.3 Å². The maximum atomic E-state index is 10.1. The molecule has 0 fully saturated rings. The molecule has 0 aromatic heterocycles. The summed E-state index contributed by atoms with van der Waals surface area (Å²) in [6.45, 7) is 0. The minimum atomic E-state index is -0.472. The fraction of sp³-hybridized carbons (Fsp3) is 0. The van der Waals surface area contributed by atoms with E-state index in [9.17, 15) is 10.1 Å². The highest BCUT2D eigenvalue weighted by Gasteiger charge is 2.03. The number of allylic oxidation sites excluding steroid dienone is 4. The fourth-order valence-corrected chi connectivity index (χ4v) is 0.562. The molecule has 1 rings (SSSR count). The van der Waals surface area contributed by atoms with Crippen LogP contribution in [0.4, 0.5) is 0 Å². The zero-order valence-electron chi connectivity index (χ0n) is 5.15. The Bertz CT molecular complexity index is 228. The van der Waals surface area contributed by atoms with Crippen molar-refractivity contribution in [1.82, 2.24) is 5.32 Å². The van der Waals surface area contributed by atoms with Crippen molar-refractivity contribution in [3.05, 3.63) is 46.4 Å². The predicted molar refractivity (Wildman–Crippen MR) is 36.5 cm³/mol. The number of nitrogens with zero attached hydrogens (tertiary/aromatic N) is 1. The molecule has 10 heavy (non-hydrogen) atoms. The molecule has 4 heteroatoms. The molecule has 0 unspecified atom stereocenters. The normalized spacial score (nSPS) is 15.4. The van der Waals surface area contributed by atoms with Crippen LogP contribution in [-0.4, -0.2) is 4.92 Å². The van der Waals surface area contributed by atoms with Gasteiger partial charge in [0.1, 0.15) is 0 Å². The van der Waals surface area contributed by atoms with E-state index in [-0.39, 0.29) is 5.82 Å². The number of nitrogens with one attached hydrogen (secondary N) is 1. The van der Waals surface area contributed by atoms with Crippen LogP contribution in [0.1, 0.15) is 0 Å². The molecule has 0 saturated carbocycles. The third-order valence-electron chi connectivity index (χ3n) is 1.00. The van der Waals surface area contributed by atoms with Gasteiger partial charge in [-0.25, -0.2) is 5.32 Å². The molecule has 0 bridgehead atoms. The van der Waals surface area contributed by atoms with Crippen molar-refractivity contribution in [2.24, 2.45) is 0 Å². The molecule has 1 aliphatic heterocycles. The van der Waals surface area contributed by atoms with Crippen molar-refractivity contribution >= 4 is 0 Å². The van der Waals surface area contributed by atoms with Crippen LogP contribution >= 0.6 is 0 Å². The van der Waals surface area contributed by atoms with Crippen molar-refractivity contribution in [3.8, 4) is 0 Å². The molecule has 1 aliphatic rings. The van der Waals surface area contributed by atoms with Gasteiger partial charge >= 0.3 is 5.82 Å². The molecule has 0 atom stereocenters. The molecule has 0 saturated heterocycles. The average Bonchev–Trinajstić information content (AvgIpc) is 2.12. The van der Waals surface area contributed by atoms with Crippen LogP contribution in [0.3, 0.4) is 0 Å². The highest BCUT2D eigenvalue weighted by molar-refractivity contribution is 5.17. The first-order chi connectivity index (χ1) is 4.80. The van der Waals surface area contributed by atoms with E-state index in [0.717, 1.165) is 0 Å². The number of rotatable bonds is 1. The summed E-state index contributed by atoms with van der Waals surface area (Å²) in [6, 6.07) is 0. The molecule has 0 aromatic carbocycles. The molecule has 4 nitrogen and oxygen atoms in total. The molecular weight excluding hydrogens is 132 g/mol. The Labute approximate surface area is 57.7 Å². The summed E-state index contributed by atoms with van der Waals surface area (Å²) in [6.07, 6.45) is 7.92. The van der Waals surface area contributed by atoms with Gasteiger partial charge in [0, 0.05) is 6.08 Å². The SMILES string of the molecule is O=[N+]([O-])C1=CC=CC=CN1. The smallest absolute Gasteiger partial charge is 0.320 e. The zero-order chi connectivity index (χ0) is 7.40. The van der Waals surface area contributed by atoms with Gasteiger partial charge in [-0.1, -0.05) is 12.2 Å². The van der Waals surface area contributed by atoms with E-state index in [2.05, 4.69) is 5.32 Å². The standard InChI is InChI=1S/C6H6N2O2/c9-8(10)6-4-2-1-3-5-7-6/h1-5,7H. The summed E-state index contributed by atoms with van der Waals surface area (Å²) in [5, 5.41) is 12.6. The quantitative estimate of drug-likeness (QED) is 0.430. The van der Waals surface area contributed by atoms with Crippen molar-refractivity contribution < 1.29 is 4.92 Å². The first-order valence-electron chi connectivity index (χ1n) is 2.75. The van der Waals surface area contributed by atoms with E-state index >= 15 is 0 Å². The third kappa shape index (κ3) is 1.45. The van der Waals surface area contributed by atoms with Crippen LogP contribution in [-0.2, 0) is 0 Å². The maximum Gasteiger partial charge on any atom is 0.320 e. The van der Waals surface area contributed by atoms with Gasteiger partial charge in [0.05, 0.1) is 6.20 Å². The Hall–Kier alpha value is -1.58. The van der Waals surface area contributed by atoms with Gasteiger partial charge < -0.3 is 10.1 Å². The molecule has 52 valence electrons. The maximum absolute atomic E-state index is 10.1. The number of hydrogen-bond donors (Lipinski definition) is 1. The highest BCUT2D eigenvalue weighted by atomic mass is 16.6. The van der Waals surface area contributed by atoms with Gasteiger partial charge in [-0.3, -0.25) is 0 Å². The van der Waals surface area contributed by atoms with E-state index < -0.39 is 4.92 Å². The Morgan fingerprint density at radius 2 is 2.20 bits per heavy atom. The van der Waals surface area contributed by atoms with Crippen molar-refractivity contribution in [2.75, 3.05) is 0 Å². The van der Waals surface area contributed by atoms with E-state index in [4.69, 9.17) is 0 Å². The summed E-state index contributed by atoms with van der Waals surface area (Å²) in [7, 11) is 0. The van der Waals surface area contributed by atoms with Gasteiger partial charge in [-0.05, 0) is 11.0 Å². The van der Waals surface area contributed by atoms with Gasteiger partial charge in [0.25, 0.3) is 0 Å². The topological polar surface area (TPSA) is 55.2 Å². The third-order valence-corrected chi connectivity index (χ3v) is 1.00. The molecule has 0 aliphatic carbocycles. The van der Waals surface area contributed by atoms with E-state index in [1.54, 1.807) is 18.2 Å². The second-order valence-corrected chi connectivity index (χ2v) is 1.70. The molecule has 1 N–H and O–H groups in total. The Balaban J connectivity index is 2.78. The molecule has 0 spiro atoms. The molecule has 0 aromatic rings. The van der Waals surface area contributed by atoms with Crippen LogP contribution in [0, 0.1) is 10.1 Å². The van der Waals surface area contributed by atoms with Gasteiger partial charge in [0.15, 0.2) is 0 Å². The highest BCUT2D eigenvalue weighted by Crippen LogP contribution is 1.94.